The van der Waals surface area contributed by atoms with Crippen LogP contribution >= 0.6 is 11.6 Å². The summed E-state index contributed by atoms with van der Waals surface area (Å²) in [5.41, 5.74) is 1.35. The summed E-state index contributed by atoms with van der Waals surface area (Å²) in [6.45, 7) is 4.98. The molecule has 0 bridgehead atoms. The predicted octanol–water partition coefficient (Wildman–Crippen LogP) is 5.19. The van der Waals surface area contributed by atoms with E-state index in [2.05, 4.69) is 5.32 Å². The van der Waals surface area contributed by atoms with Gasteiger partial charge in [0.2, 0.25) is 5.91 Å². The van der Waals surface area contributed by atoms with Crippen molar-refractivity contribution in [3.8, 4) is 17.2 Å². The summed E-state index contributed by atoms with van der Waals surface area (Å²) in [6.07, 6.45) is 3.96. The summed E-state index contributed by atoms with van der Waals surface area (Å²) in [5.74, 6) is 1.39. The Balaban J connectivity index is 2.13. The zero-order chi connectivity index (χ0) is 19.6. The number of nitrogens with one attached hydrogen (secondary N) is 1. The van der Waals surface area contributed by atoms with Crippen molar-refractivity contribution in [2.24, 2.45) is 0 Å². The van der Waals surface area contributed by atoms with E-state index in [-0.39, 0.29) is 5.91 Å². The van der Waals surface area contributed by atoms with E-state index >= 15 is 0 Å². The van der Waals surface area contributed by atoms with Gasteiger partial charge >= 0.3 is 0 Å². The van der Waals surface area contributed by atoms with Gasteiger partial charge in [0.05, 0.1) is 31.0 Å². The van der Waals surface area contributed by atoms with Gasteiger partial charge < -0.3 is 19.5 Å². The van der Waals surface area contributed by atoms with Gasteiger partial charge in [0, 0.05) is 6.08 Å². The zero-order valence-corrected chi connectivity index (χ0v) is 16.5. The smallest absolute Gasteiger partial charge is 0.248 e. The Morgan fingerprint density at radius 3 is 2.63 bits per heavy atom. The summed E-state index contributed by atoms with van der Waals surface area (Å²) < 4.78 is 16.5. The molecule has 2 rings (SSSR count). The van der Waals surface area contributed by atoms with Crippen molar-refractivity contribution >= 4 is 29.3 Å². The molecule has 27 heavy (non-hydrogen) atoms. The van der Waals surface area contributed by atoms with Gasteiger partial charge in [0.1, 0.15) is 5.75 Å². The number of rotatable bonds is 9. The second kappa shape index (κ2) is 10.5. The molecule has 0 aliphatic carbocycles. The van der Waals surface area contributed by atoms with Gasteiger partial charge in [-0.1, -0.05) is 30.7 Å². The molecule has 0 saturated heterocycles. The van der Waals surface area contributed by atoms with Crippen molar-refractivity contribution in [1.82, 2.24) is 0 Å². The number of hydrogen-bond donors (Lipinski definition) is 1. The molecule has 0 saturated carbocycles. The summed E-state index contributed by atoms with van der Waals surface area (Å²) in [7, 11) is 1.55. The van der Waals surface area contributed by atoms with Crippen LogP contribution in [0.2, 0.25) is 5.02 Å². The first-order valence-electron chi connectivity index (χ1n) is 8.80. The molecular formula is C21H24ClNO4. The van der Waals surface area contributed by atoms with Crippen LogP contribution in [0.1, 0.15) is 25.8 Å². The van der Waals surface area contributed by atoms with Crippen LogP contribution in [0.3, 0.4) is 0 Å². The van der Waals surface area contributed by atoms with E-state index in [1.165, 1.54) is 6.08 Å². The van der Waals surface area contributed by atoms with Crippen LogP contribution in [0.4, 0.5) is 5.69 Å². The standard InChI is InChI=1S/C21H24ClNO4/c1-4-12-27-21-16(22)13-15(14-19(21)25-3)10-11-20(24)23-17-8-6-7-9-18(17)26-5-2/h6-11,13-14H,4-5,12H2,1-3H3,(H,23,24)/b11-10+. The molecule has 0 spiro atoms. The largest absolute Gasteiger partial charge is 0.493 e. The van der Waals surface area contributed by atoms with E-state index in [1.807, 2.05) is 32.0 Å². The number of hydrogen-bond acceptors (Lipinski definition) is 4. The number of ether oxygens (including phenoxy) is 3. The molecule has 1 amide bonds. The minimum atomic E-state index is -0.274. The fourth-order valence-electron chi connectivity index (χ4n) is 2.38. The predicted molar refractivity (Wildman–Crippen MR) is 109 cm³/mol. The number of methoxy groups -OCH3 is 1. The highest BCUT2D eigenvalue weighted by atomic mass is 35.5. The molecule has 5 nitrogen and oxygen atoms in total. The maximum absolute atomic E-state index is 12.2. The Kier molecular flexibility index (Phi) is 8.01. The molecule has 2 aromatic carbocycles. The second-order valence-corrected chi connectivity index (χ2v) is 6.04. The average Bonchev–Trinajstić information content (AvgIpc) is 2.67. The van der Waals surface area contributed by atoms with Gasteiger partial charge in [0.25, 0.3) is 0 Å². The van der Waals surface area contributed by atoms with Crippen LogP contribution in [0, 0.1) is 0 Å². The Labute approximate surface area is 164 Å². The number of carbonyl (C=O) groups excluding carboxylic acids is 1. The maximum Gasteiger partial charge on any atom is 0.248 e. The summed E-state index contributed by atoms with van der Waals surface area (Å²) in [5, 5.41) is 3.24. The van der Waals surface area contributed by atoms with Crippen LogP contribution < -0.4 is 19.5 Å². The van der Waals surface area contributed by atoms with E-state index in [4.69, 9.17) is 25.8 Å². The van der Waals surface area contributed by atoms with Crippen molar-refractivity contribution in [3.05, 3.63) is 53.1 Å². The molecule has 0 aromatic heterocycles. The lowest BCUT2D eigenvalue weighted by Crippen LogP contribution is -2.09. The number of halogens is 1. The number of para-hydroxylation sites is 2. The normalized spacial score (nSPS) is 10.7. The Hall–Kier alpha value is -2.66. The first-order valence-corrected chi connectivity index (χ1v) is 9.18. The molecule has 0 unspecified atom stereocenters. The van der Waals surface area contributed by atoms with Gasteiger partial charge in [-0.3, -0.25) is 4.79 Å². The van der Waals surface area contributed by atoms with Gasteiger partial charge in [0.15, 0.2) is 11.5 Å². The molecule has 0 radical (unpaired) electrons. The van der Waals surface area contributed by atoms with Crippen LogP contribution in [-0.2, 0) is 4.79 Å². The molecule has 0 heterocycles. The Morgan fingerprint density at radius 1 is 1.15 bits per heavy atom. The van der Waals surface area contributed by atoms with E-state index in [9.17, 15) is 4.79 Å². The molecule has 2 aromatic rings. The van der Waals surface area contributed by atoms with E-state index in [0.717, 1.165) is 12.0 Å². The third-order valence-corrected chi connectivity index (χ3v) is 3.85. The van der Waals surface area contributed by atoms with Crippen LogP contribution in [-0.4, -0.2) is 26.2 Å². The number of benzene rings is 2. The fraction of sp³-hybridized carbons (Fsp3) is 0.286. The first kappa shape index (κ1) is 20.6. The van der Waals surface area contributed by atoms with E-state index < -0.39 is 0 Å². The highest BCUT2D eigenvalue weighted by molar-refractivity contribution is 6.32. The maximum atomic E-state index is 12.2. The zero-order valence-electron chi connectivity index (χ0n) is 15.8. The number of carbonyl (C=O) groups is 1. The lowest BCUT2D eigenvalue weighted by atomic mass is 10.2. The highest BCUT2D eigenvalue weighted by Gasteiger charge is 2.11. The fourth-order valence-corrected chi connectivity index (χ4v) is 2.65. The number of anilines is 1. The van der Waals surface area contributed by atoms with E-state index in [0.29, 0.717) is 41.2 Å². The van der Waals surface area contributed by atoms with Crippen molar-refractivity contribution in [1.29, 1.82) is 0 Å². The lowest BCUT2D eigenvalue weighted by Gasteiger charge is -2.12. The number of amides is 1. The summed E-state index contributed by atoms with van der Waals surface area (Å²) in [6, 6.07) is 10.8. The van der Waals surface area contributed by atoms with Crippen LogP contribution in [0.15, 0.2) is 42.5 Å². The minimum absolute atomic E-state index is 0.274. The summed E-state index contributed by atoms with van der Waals surface area (Å²) >= 11 is 6.29. The average molecular weight is 390 g/mol. The molecule has 0 aliphatic rings. The highest BCUT2D eigenvalue weighted by Crippen LogP contribution is 2.37. The SMILES string of the molecule is CCCOc1c(Cl)cc(/C=C/C(=O)Nc2ccccc2OCC)cc1OC. The third-order valence-electron chi connectivity index (χ3n) is 3.57. The monoisotopic (exact) mass is 389 g/mol. The molecule has 0 fully saturated rings. The Morgan fingerprint density at radius 2 is 1.93 bits per heavy atom. The Bertz CT molecular complexity index is 805. The molecular weight excluding hydrogens is 366 g/mol. The molecule has 1 N–H and O–H groups in total. The van der Waals surface area contributed by atoms with Crippen molar-refractivity contribution in [2.45, 2.75) is 20.3 Å². The topological polar surface area (TPSA) is 56.8 Å². The van der Waals surface area contributed by atoms with Crippen molar-refractivity contribution < 1.29 is 19.0 Å². The summed E-state index contributed by atoms with van der Waals surface area (Å²) in [4.78, 5) is 12.2. The van der Waals surface area contributed by atoms with Crippen LogP contribution in [0.25, 0.3) is 6.08 Å². The molecule has 0 aliphatic heterocycles. The van der Waals surface area contributed by atoms with E-state index in [1.54, 1.807) is 31.4 Å². The molecule has 6 heteroatoms. The quantitative estimate of drug-likeness (QED) is 0.600. The van der Waals surface area contributed by atoms with Crippen molar-refractivity contribution in [3.63, 3.8) is 0 Å². The van der Waals surface area contributed by atoms with Gasteiger partial charge in [-0.2, -0.15) is 0 Å². The second-order valence-electron chi connectivity index (χ2n) is 5.63. The molecule has 0 atom stereocenters. The minimum Gasteiger partial charge on any atom is -0.493 e. The van der Waals surface area contributed by atoms with Crippen molar-refractivity contribution in [2.75, 3.05) is 25.6 Å². The van der Waals surface area contributed by atoms with Gasteiger partial charge in [-0.25, -0.2) is 0 Å². The molecule has 144 valence electrons. The van der Waals surface area contributed by atoms with Gasteiger partial charge in [-0.05, 0) is 49.2 Å². The van der Waals surface area contributed by atoms with Gasteiger partial charge in [-0.15, -0.1) is 0 Å². The van der Waals surface area contributed by atoms with Crippen LogP contribution in [0.5, 0.6) is 17.2 Å². The first-order chi connectivity index (χ1) is 13.1. The third kappa shape index (κ3) is 5.93. The lowest BCUT2D eigenvalue weighted by molar-refractivity contribution is -0.111.